The Hall–Kier alpha value is -5.38. The number of aromatic amines is 2. The van der Waals surface area contributed by atoms with Gasteiger partial charge in [0.1, 0.15) is 23.9 Å². The van der Waals surface area contributed by atoms with Crippen molar-refractivity contribution in [1.82, 2.24) is 29.9 Å². The summed E-state index contributed by atoms with van der Waals surface area (Å²) < 4.78 is 0. The first kappa shape index (κ1) is 24.3. The van der Waals surface area contributed by atoms with Crippen molar-refractivity contribution in [1.29, 1.82) is 10.5 Å². The third-order valence-corrected chi connectivity index (χ3v) is 6.32. The zero-order chi connectivity index (χ0) is 26.5. The van der Waals surface area contributed by atoms with E-state index in [1.54, 1.807) is 0 Å². The zero-order valence-electron chi connectivity index (χ0n) is 20.6. The Labute approximate surface area is 218 Å². The lowest BCUT2D eigenvalue weighted by atomic mass is 10.0. The van der Waals surface area contributed by atoms with Crippen LogP contribution in [-0.2, 0) is 13.0 Å². The zero-order valence-corrected chi connectivity index (χ0v) is 20.6. The van der Waals surface area contributed by atoms with Gasteiger partial charge in [-0.3, -0.25) is 0 Å². The second kappa shape index (κ2) is 10.7. The van der Waals surface area contributed by atoms with Gasteiger partial charge in [0, 0.05) is 40.8 Å². The van der Waals surface area contributed by atoms with E-state index in [0.717, 1.165) is 62.1 Å². The molecular weight excluding hydrogens is 474 g/mol. The van der Waals surface area contributed by atoms with E-state index in [2.05, 4.69) is 42.0 Å². The van der Waals surface area contributed by atoms with Crippen LogP contribution < -0.4 is 5.73 Å². The van der Waals surface area contributed by atoms with Crippen molar-refractivity contribution in [3.8, 4) is 34.7 Å². The summed E-state index contributed by atoms with van der Waals surface area (Å²) in [5, 5.41) is 20.3. The van der Waals surface area contributed by atoms with Crippen molar-refractivity contribution >= 4 is 22.1 Å². The summed E-state index contributed by atoms with van der Waals surface area (Å²) in [6, 6.07) is 19.8. The lowest BCUT2D eigenvalue weighted by Crippen LogP contribution is -1.99. The normalized spacial score (nSPS) is 10.5. The van der Waals surface area contributed by atoms with Crippen molar-refractivity contribution in [2.45, 2.75) is 19.9 Å². The number of hydrogen-bond acceptors (Lipinski definition) is 7. The molecule has 6 aromatic rings. The number of hydrogen-bond donors (Lipinski definition) is 3. The molecule has 9 heteroatoms. The number of aryl methyl sites for hydroxylation is 1. The van der Waals surface area contributed by atoms with Crippen LogP contribution in [0, 0.1) is 22.7 Å². The van der Waals surface area contributed by atoms with Crippen LogP contribution in [-0.4, -0.2) is 29.9 Å². The standard InChI is InChI=1S/C15H12N4.C14H11N5/c1-2-10-3-4-11(7-12(10)8-16)14-13-5-6-17-15(13)19-9-18-14;15-6-10-2-1-9(5-11(10)7-16)13-12-3-4-17-14(12)19-8-18-13/h3-7,9H,2H2,1H3,(H,17,18,19);1-5,8H,6,15H2,(H,17,18,19). The minimum atomic E-state index is 0.354. The van der Waals surface area contributed by atoms with Gasteiger partial charge in [-0.2, -0.15) is 10.5 Å². The molecule has 0 fully saturated rings. The number of fused-ring (bicyclic) bond motifs is 2. The Morgan fingerprint density at radius 1 is 0.711 bits per heavy atom. The van der Waals surface area contributed by atoms with Gasteiger partial charge < -0.3 is 15.7 Å². The molecule has 2 aromatic carbocycles. The van der Waals surface area contributed by atoms with Crippen molar-refractivity contribution in [2.75, 3.05) is 0 Å². The van der Waals surface area contributed by atoms with Crippen LogP contribution in [0.4, 0.5) is 0 Å². The van der Waals surface area contributed by atoms with Gasteiger partial charge in [-0.1, -0.05) is 31.2 Å². The fourth-order valence-corrected chi connectivity index (χ4v) is 4.35. The van der Waals surface area contributed by atoms with E-state index in [-0.39, 0.29) is 0 Å². The second-order valence-electron chi connectivity index (χ2n) is 8.45. The number of benzene rings is 2. The maximum absolute atomic E-state index is 9.21. The van der Waals surface area contributed by atoms with E-state index < -0.39 is 0 Å². The van der Waals surface area contributed by atoms with E-state index >= 15 is 0 Å². The predicted molar refractivity (Wildman–Crippen MR) is 145 cm³/mol. The summed E-state index contributed by atoms with van der Waals surface area (Å²) in [5.74, 6) is 0. The Kier molecular flexibility index (Phi) is 6.85. The summed E-state index contributed by atoms with van der Waals surface area (Å²) in [5.41, 5.74) is 13.9. The predicted octanol–water partition coefficient (Wildman–Crippen LogP) is 5.01. The molecule has 0 radical (unpaired) electrons. The van der Waals surface area contributed by atoms with Gasteiger partial charge in [0.25, 0.3) is 0 Å². The Morgan fingerprint density at radius 2 is 1.21 bits per heavy atom. The molecule has 0 saturated heterocycles. The van der Waals surface area contributed by atoms with E-state index in [9.17, 15) is 5.26 Å². The summed E-state index contributed by atoms with van der Waals surface area (Å²) in [7, 11) is 0. The van der Waals surface area contributed by atoms with Gasteiger partial charge in [-0.15, -0.1) is 0 Å². The average molecular weight is 498 g/mol. The maximum atomic E-state index is 9.21. The number of nitriles is 2. The first-order chi connectivity index (χ1) is 18.7. The number of nitrogens with two attached hydrogens (primary N) is 1. The highest BCUT2D eigenvalue weighted by Gasteiger charge is 2.11. The Bertz CT molecular complexity index is 1700. The van der Waals surface area contributed by atoms with Gasteiger partial charge >= 0.3 is 0 Å². The molecule has 0 atom stereocenters. The van der Waals surface area contributed by atoms with Gasteiger partial charge in [0.05, 0.1) is 34.7 Å². The van der Waals surface area contributed by atoms with Crippen LogP contribution in [0.15, 0.2) is 73.6 Å². The first-order valence-corrected chi connectivity index (χ1v) is 12.0. The summed E-state index contributed by atoms with van der Waals surface area (Å²) >= 11 is 0. The van der Waals surface area contributed by atoms with Crippen molar-refractivity contribution in [3.05, 3.63) is 95.8 Å². The van der Waals surface area contributed by atoms with Crippen LogP contribution in [0.25, 0.3) is 44.6 Å². The quantitative estimate of drug-likeness (QED) is 0.309. The maximum Gasteiger partial charge on any atom is 0.141 e. The third-order valence-electron chi connectivity index (χ3n) is 6.32. The van der Waals surface area contributed by atoms with Crippen LogP contribution in [0.1, 0.15) is 29.2 Å². The highest BCUT2D eigenvalue weighted by atomic mass is 14.9. The fourth-order valence-electron chi connectivity index (χ4n) is 4.35. The SMILES string of the molecule is CCc1ccc(-c2ncnc3[nH]ccc23)cc1C#N.N#Cc1cc(-c2ncnc3[nH]ccc23)ccc1CN. The smallest absolute Gasteiger partial charge is 0.141 e. The van der Waals surface area contributed by atoms with Crippen LogP contribution in [0.5, 0.6) is 0 Å². The molecule has 0 spiro atoms. The molecule has 38 heavy (non-hydrogen) atoms. The molecule has 4 N–H and O–H groups in total. The van der Waals surface area contributed by atoms with E-state index in [0.29, 0.717) is 17.7 Å². The Morgan fingerprint density at radius 3 is 1.68 bits per heavy atom. The molecule has 0 amide bonds. The van der Waals surface area contributed by atoms with E-state index in [1.165, 1.54) is 12.7 Å². The van der Waals surface area contributed by atoms with Crippen LogP contribution in [0.3, 0.4) is 0 Å². The lowest BCUT2D eigenvalue weighted by Gasteiger charge is -2.05. The molecule has 0 aliphatic heterocycles. The molecule has 184 valence electrons. The Balaban J connectivity index is 0.000000155. The molecule has 0 aliphatic rings. The highest BCUT2D eigenvalue weighted by molar-refractivity contribution is 5.91. The molecule has 0 aliphatic carbocycles. The number of nitrogens with zero attached hydrogens (tertiary/aromatic N) is 6. The van der Waals surface area contributed by atoms with Gasteiger partial charge in [-0.25, -0.2) is 19.9 Å². The number of nitrogens with one attached hydrogen (secondary N) is 2. The molecule has 6 rings (SSSR count). The lowest BCUT2D eigenvalue weighted by molar-refractivity contribution is 1.06. The molecule has 4 heterocycles. The molecule has 9 nitrogen and oxygen atoms in total. The van der Waals surface area contributed by atoms with Crippen LogP contribution >= 0.6 is 0 Å². The molecule has 4 aromatic heterocycles. The number of H-pyrrole nitrogens is 2. The van der Waals surface area contributed by atoms with Gasteiger partial charge in [0.15, 0.2) is 0 Å². The van der Waals surface area contributed by atoms with Crippen molar-refractivity contribution < 1.29 is 0 Å². The number of aromatic nitrogens is 6. The first-order valence-electron chi connectivity index (χ1n) is 12.0. The number of rotatable bonds is 4. The molecule has 0 bridgehead atoms. The molecule has 0 unspecified atom stereocenters. The molecular formula is C29H23N9. The van der Waals surface area contributed by atoms with E-state index in [1.807, 2.05) is 67.8 Å². The van der Waals surface area contributed by atoms with Gasteiger partial charge in [0.2, 0.25) is 0 Å². The van der Waals surface area contributed by atoms with Crippen molar-refractivity contribution in [3.63, 3.8) is 0 Å². The molecule has 0 saturated carbocycles. The third kappa shape index (κ3) is 4.58. The highest BCUT2D eigenvalue weighted by Crippen LogP contribution is 2.27. The van der Waals surface area contributed by atoms with E-state index in [4.69, 9.17) is 11.0 Å². The topological polar surface area (TPSA) is 157 Å². The minimum absolute atomic E-state index is 0.354. The fraction of sp³-hybridized carbons (Fsp3) is 0.103. The minimum Gasteiger partial charge on any atom is -0.346 e. The van der Waals surface area contributed by atoms with Crippen LogP contribution in [0.2, 0.25) is 0 Å². The van der Waals surface area contributed by atoms with Crippen molar-refractivity contribution in [2.24, 2.45) is 5.73 Å². The summed E-state index contributed by atoms with van der Waals surface area (Å²) in [6.07, 6.45) is 7.56. The summed E-state index contributed by atoms with van der Waals surface area (Å²) in [6.45, 7) is 2.40. The largest absolute Gasteiger partial charge is 0.346 e. The monoisotopic (exact) mass is 497 g/mol. The summed E-state index contributed by atoms with van der Waals surface area (Å²) in [4.78, 5) is 23.1. The second-order valence-corrected chi connectivity index (χ2v) is 8.45. The van der Waals surface area contributed by atoms with Gasteiger partial charge in [-0.05, 0) is 41.8 Å². The average Bonchev–Trinajstić information content (AvgIpc) is 3.66.